The van der Waals surface area contributed by atoms with Crippen LogP contribution in [0, 0.1) is 0 Å². The van der Waals surface area contributed by atoms with E-state index in [0.717, 1.165) is 47.7 Å². The second-order valence-corrected chi connectivity index (χ2v) is 6.68. The highest BCUT2D eigenvalue weighted by Crippen LogP contribution is 2.20. The van der Waals surface area contributed by atoms with Crippen molar-refractivity contribution in [1.29, 1.82) is 0 Å². The van der Waals surface area contributed by atoms with Crippen LogP contribution in [0.25, 0.3) is 11.0 Å². The third-order valence-corrected chi connectivity index (χ3v) is 4.84. The van der Waals surface area contributed by atoms with Gasteiger partial charge in [-0.05, 0) is 36.2 Å². The van der Waals surface area contributed by atoms with Gasteiger partial charge in [-0.1, -0.05) is 48.5 Å². The molecule has 4 nitrogen and oxygen atoms in total. The summed E-state index contributed by atoms with van der Waals surface area (Å²) < 4.78 is 13.5. The molecule has 0 spiro atoms. The van der Waals surface area contributed by atoms with E-state index in [0.29, 0.717) is 6.61 Å². The second kappa shape index (κ2) is 8.61. The number of hydrogen-bond acceptors (Lipinski definition) is 3. The van der Waals surface area contributed by atoms with Crippen molar-refractivity contribution in [2.45, 2.75) is 19.4 Å². The van der Waals surface area contributed by atoms with E-state index in [-0.39, 0.29) is 0 Å². The highest BCUT2D eigenvalue weighted by atomic mass is 16.5. The number of imidazole rings is 1. The van der Waals surface area contributed by atoms with Gasteiger partial charge in [0.25, 0.3) is 0 Å². The van der Waals surface area contributed by atoms with Crippen LogP contribution in [0.3, 0.4) is 0 Å². The summed E-state index contributed by atoms with van der Waals surface area (Å²) in [5.41, 5.74) is 3.51. The largest absolute Gasteiger partial charge is 0.497 e. The number of hydrogen-bond donors (Lipinski definition) is 0. The molecule has 3 aromatic carbocycles. The average Bonchev–Trinajstić information content (AvgIpc) is 3.11. The Bertz CT molecular complexity index is 1040. The summed E-state index contributed by atoms with van der Waals surface area (Å²) in [6.45, 7) is 1.33. The molecule has 0 N–H and O–H groups in total. The van der Waals surface area contributed by atoms with Gasteiger partial charge in [0.1, 0.15) is 23.9 Å². The lowest BCUT2D eigenvalue weighted by Gasteiger charge is -2.11. The van der Waals surface area contributed by atoms with E-state index >= 15 is 0 Å². The summed E-state index contributed by atoms with van der Waals surface area (Å²) in [5.74, 6) is 2.71. The van der Waals surface area contributed by atoms with Gasteiger partial charge in [0.2, 0.25) is 0 Å². The summed E-state index contributed by atoms with van der Waals surface area (Å²) >= 11 is 0. The topological polar surface area (TPSA) is 36.3 Å². The smallest absolute Gasteiger partial charge is 0.123 e. The van der Waals surface area contributed by atoms with Gasteiger partial charge < -0.3 is 14.0 Å². The molecule has 0 bridgehead atoms. The fourth-order valence-corrected chi connectivity index (χ4v) is 3.41. The first-order chi connectivity index (χ1) is 13.8. The standard InChI is InChI=1S/C24H24N2O2/c1-27-20-10-7-11-21(18-20)28-17-16-26-23-13-6-5-12-22(23)25-24(26)15-14-19-8-3-2-4-9-19/h2-13,18H,14-17H2,1H3. The predicted molar refractivity (Wildman–Crippen MR) is 112 cm³/mol. The lowest BCUT2D eigenvalue weighted by molar-refractivity contribution is 0.296. The van der Waals surface area contributed by atoms with Crippen molar-refractivity contribution in [3.63, 3.8) is 0 Å². The van der Waals surface area contributed by atoms with Crippen molar-refractivity contribution in [1.82, 2.24) is 9.55 Å². The van der Waals surface area contributed by atoms with E-state index in [4.69, 9.17) is 14.5 Å². The van der Waals surface area contributed by atoms with Crippen molar-refractivity contribution in [3.8, 4) is 11.5 Å². The number of rotatable bonds is 8. The van der Waals surface area contributed by atoms with Crippen LogP contribution in [-0.4, -0.2) is 23.3 Å². The Morgan fingerprint density at radius 3 is 2.46 bits per heavy atom. The van der Waals surface area contributed by atoms with Gasteiger partial charge >= 0.3 is 0 Å². The Hall–Kier alpha value is -3.27. The molecule has 0 atom stereocenters. The Morgan fingerprint density at radius 1 is 0.821 bits per heavy atom. The highest BCUT2D eigenvalue weighted by molar-refractivity contribution is 5.75. The van der Waals surface area contributed by atoms with Gasteiger partial charge in [0, 0.05) is 12.5 Å². The maximum Gasteiger partial charge on any atom is 0.123 e. The SMILES string of the molecule is COc1cccc(OCCn2c(CCc3ccccc3)nc3ccccc32)c1. The first kappa shape index (κ1) is 18.1. The number of ether oxygens (including phenoxy) is 2. The molecular formula is C24H24N2O2. The molecule has 0 amide bonds. The quantitative estimate of drug-likeness (QED) is 0.441. The summed E-state index contributed by atoms with van der Waals surface area (Å²) in [6, 6.07) is 26.5. The van der Waals surface area contributed by atoms with E-state index in [1.54, 1.807) is 7.11 Å². The van der Waals surface area contributed by atoms with Crippen LogP contribution < -0.4 is 9.47 Å². The number of aryl methyl sites for hydroxylation is 2. The summed E-state index contributed by atoms with van der Waals surface area (Å²) in [7, 11) is 1.66. The fourth-order valence-electron chi connectivity index (χ4n) is 3.41. The zero-order valence-corrected chi connectivity index (χ0v) is 16.0. The minimum absolute atomic E-state index is 0.575. The van der Waals surface area contributed by atoms with Crippen LogP contribution in [0.2, 0.25) is 0 Å². The monoisotopic (exact) mass is 372 g/mol. The molecule has 28 heavy (non-hydrogen) atoms. The number of fused-ring (bicyclic) bond motifs is 1. The van der Waals surface area contributed by atoms with Gasteiger partial charge in [0.15, 0.2) is 0 Å². The van der Waals surface area contributed by atoms with Gasteiger partial charge in [-0.15, -0.1) is 0 Å². The predicted octanol–water partition coefficient (Wildman–Crippen LogP) is 4.91. The molecule has 4 heteroatoms. The lowest BCUT2D eigenvalue weighted by Crippen LogP contribution is -2.12. The fraction of sp³-hybridized carbons (Fsp3) is 0.208. The van der Waals surface area contributed by atoms with E-state index in [1.165, 1.54) is 5.56 Å². The molecule has 142 valence electrons. The van der Waals surface area contributed by atoms with E-state index < -0.39 is 0 Å². The normalized spacial score (nSPS) is 10.9. The van der Waals surface area contributed by atoms with E-state index in [9.17, 15) is 0 Å². The van der Waals surface area contributed by atoms with Crippen molar-refractivity contribution >= 4 is 11.0 Å². The Labute approximate surface area is 165 Å². The van der Waals surface area contributed by atoms with Crippen molar-refractivity contribution in [3.05, 3.63) is 90.3 Å². The minimum atomic E-state index is 0.575. The molecule has 0 saturated carbocycles. The average molecular weight is 372 g/mol. The molecule has 0 fully saturated rings. The van der Waals surface area contributed by atoms with Crippen LogP contribution in [0.5, 0.6) is 11.5 Å². The molecule has 1 aromatic heterocycles. The zero-order chi connectivity index (χ0) is 19.2. The maximum absolute atomic E-state index is 5.96. The molecule has 0 aliphatic rings. The van der Waals surface area contributed by atoms with Crippen molar-refractivity contribution in [2.75, 3.05) is 13.7 Å². The van der Waals surface area contributed by atoms with Crippen molar-refractivity contribution < 1.29 is 9.47 Å². The molecule has 1 heterocycles. The molecule has 0 aliphatic heterocycles. The van der Waals surface area contributed by atoms with Crippen LogP contribution >= 0.6 is 0 Å². The van der Waals surface area contributed by atoms with Gasteiger partial charge in [-0.25, -0.2) is 4.98 Å². The third-order valence-electron chi connectivity index (χ3n) is 4.84. The summed E-state index contributed by atoms with van der Waals surface area (Å²) in [5, 5.41) is 0. The van der Waals surface area contributed by atoms with Gasteiger partial charge in [-0.2, -0.15) is 0 Å². The van der Waals surface area contributed by atoms with Crippen LogP contribution in [0.4, 0.5) is 0 Å². The van der Waals surface area contributed by atoms with E-state index in [1.807, 2.05) is 30.3 Å². The van der Waals surface area contributed by atoms with Gasteiger partial charge in [0.05, 0.1) is 24.7 Å². The first-order valence-corrected chi connectivity index (χ1v) is 9.58. The molecule has 0 radical (unpaired) electrons. The maximum atomic E-state index is 5.96. The molecule has 4 rings (SSSR count). The highest BCUT2D eigenvalue weighted by Gasteiger charge is 2.11. The van der Waals surface area contributed by atoms with Crippen LogP contribution in [0.1, 0.15) is 11.4 Å². The number of nitrogens with zero attached hydrogens (tertiary/aromatic N) is 2. The summed E-state index contributed by atoms with van der Waals surface area (Å²) in [4.78, 5) is 4.87. The van der Waals surface area contributed by atoms with Crippen molar-refractivity contribution in [2.24, 2.45) is 0 Å². The Balaban J connectivity index is 1.49. The Morgan fingerprint density at radius 2 is 1.61 bits per heavy atom. The number of benzene rings is 3. The second-order valence-electron chi connectivity index (χ2n) is 6.68. The third kappa shape index (κ3) is 4.17. The first-order valence-electron chi connectivity index (χ1n) is 9.58. The molecule has 0 aliphatic carbocycles. The number of para-hydroxylation sites is 2. The van der Waals surface area contributed by atoms with E-state index in [2.05, 4.69) is 53.1 Å². The zero-order valence-electron chi connectivity index (χ0n) is 16.0. The van der Waals surface area contributed by atoms with Crippen LogP contribution in [0.15, 0.2) is 78.9 Å². The summed E-state index contributed by atoms with van der Waals surface area (Å²) in [6.07, 6.45) is 1.87. The number of methoxy groups -OCH3 is 1. The minimum Gasteiger partial charge on any atom is -0.497 e. The molecule has 4 aromatic rings. The number of aromatic nitrogens is 2. The van der Waals surface area contributed by atoms with Gasteiger partial charge in [-0.3, -0.25) is 0 Å². The molecule has 0 unspecified atom stereocenters. The molecular weight excluding hydrogens is 348 g/mol. The van der Waals surface area contributed by atoms with Crippen LogP contribution in [-0.2, 0) is 19.4 Å². The lowest BCUT2D eigenvalue weighted by atomic mass is 10.1. The molecule has 0 saturated heterocycles. The Kier molecular flexibility index (Phi) is 5.57.